The van der Waals surface area contributed by atoms with Gasteiger partial charge in [0.2, 0.25) is 0 Å². The van der Waals surface area contributed by atoms with Gasteiger partial charge in [0.25, 0.3) is 0 Å². The standard InChI is InChI=1S/C14H26N4O/c1-6-15-12-8-13(16-9-11(5)19-7-2)18-14(17-12)10(3)4/h8,10-11H,6-7,9H2,1-5H3,(H2,15,16,17,18). The summed E-state index contributed by atoms with van der Waals surface area (Å²) in [5.41, 5.74) is 0. The van der Waals surface area contributed by atoms with E-state index < -0.39 is 0 Å². The summed E-state index contributed by atoms with van der Waals surface area (Å²) in [6.45, 7) is 12.6. The Morgan fingerprint density at radius 3 is 2.26 bits per heavy atom. The van der Waals surface area contributed by atoms with Crippen LogP contribution in [0.4, 0.5) is 11.6 Å². The first-order valence-electron chi connectivity index (χ1n) is 7.05. The van der Waals surface area contributed by atoms with Crippen LogP contribution in [-0.2, 0) is 4.74 Å². The first-order valence-corrected chi connectivity index (χ1v) is 7.05. The summed E-state index contributed by atoms with van der Waals surface area (Å²) in [4.78, 5) is 9.02. The maximum Gasteiger partial charge on any atom is 0.135 e. The summed E-state index contributed by atoms with van der Waals surface area (Å²) in [5.74, 6) is 2.88. The second kappa shape index (κ2) is 7.94. The minimum absolute atomic E-state index is 0.171. The molecule has 1 heterocycles. The Hall–Kier alpha value is -1.36. The normalized spacial score (nSPS) is 12.5. The van der Waals surface area contributed by atoms with E-state index in [4.69, 9.17) is 4.74 Å². The molecule has 1 aromatic heterocycles. The van der Waals surface area contributed by atoms with Crippen molar-refractivity contribution in [2.24, 2.45) is 0 Å². The summed E-state index contributed by atoms with van der Waals surface area (Å²) in [7, 11) is 0. The Morgan fingerprint density at radius 1 is 1.11 bits per heavy atom. The summed E-state index contributed by atoms with van der Waals surface area (Å²) in [6.07, 6.45) is 0.171. The zero-order valence-corrected chi connectivity index (χ0v) is 12.7. The van der Waals surface area contributed by atoms with Gasteiger partial charge in [-0.05, 0) is 20.8 Å². The van der Waals surface area contributed by atoms with Crippen LogP contribution in [0, 0.1) is 0 Å². The van der Waals surface area contributed by atoms with Crippen molar-refractivity contribution in [3.05, 3.63) is 11.9 Å². The Balaban J connectivity index is 2.75. The molecule has 1 aromatic rings. The number of nitrogens with one attached hydrogen (secondary N) is 2. The highest BCUT2D eigenvalue weighted by Crippen LogP contribution is 2.17. The van der Waals surface area contributed by atoms with Crippen molar-refractivity contribution in [1.82, 2.24) is 9.97 Å². The van der Waals surface area contributed by atoms with Gasteiger partial charge in [0.1, 0.15) is 17.5 Å². The molecular weight excluding hydrogens is 240 g/mol. The van der Waals surface area contributed by atoms with E-state index in [1.54, 1.807) is 0 Å². The van der Waals surface area contributed by atoms with Crippen LogP contribution < -0.4 is 10.6 Å². The molecule has 0 radical (unpaired) electrons. The van der Waals surface area contributed by atoms with Crippen LogP contribution in [0.1, 0.15) is 46.4 Å². The minimum Gasteiger partial charge on any atom is -0.377 e. The fraction of sp³-hybridized carbons (Fsp3) is 0.714. The topological polar surface area (TPSA) is 59.1 Å². The lowest BCUT2D eigenvalue weighted by Gasteiger charge is -2.15. The Labute approximate surface area is 116 Å². The Kier molecular flexibility index (Phi) is 6.56. The van der Waals surface area contributed by atoms with E-state index in [-0.39, 0.29) is 6.10 Å². The molecule has 0 bridgehead atoms. The monoisotopic (exact) mass is 266 g/mol. The van der Waals surface area contributed by atoms with Gasteiger partial charge in [0.15, 0.2) is 0 Å². The van der Waals surface area contributed by atoms with Crippen LogP contribution in [-0.4, -0.2) is 35.8 Å². The van der Waals surface area contributed by atoms with Crippen molar-refractivity contribution in [3.8, 4) is 0 Å². The zero-order valence-electron chi connectivity index (χ0n) is 12.7. The number of nitrogens with zero attached hydrogens (tertiary/aromatic N) is 2. The van der Waals surface area contributed by atoms with E-state index in [1.807, 2.05) is 19.9 Å². The number of ether oxygens (including phenoxy) is 1. The molecular formula is C14H26N4O. The van der Waals surface area contributed by atoms with Crippen LogP contribution in [0.2, 0.25) is 0 Å². The van der Waals surface area contributed by atoms with Crippen molar-refractivity contribution in [2.75, 3.05) is 30.3 Å². The van der Waals surface area contributed by atoms with Crippen LogP contribution in [0.25, 0.3) is 0 Å². The van der Waals surface area contributed by atoms with Gasteiger partial charge in [-0.3, -0.25) is 0 Å². The van der Waals surface area contributed by atoms with Crippen molar-refractivity contribution in [1.29, 1.82) is 0 Å². The molecule has 0 aliphatic rings. The van der Waals surface area contributed by atoms with Gasteiger partial charge in [0, 0.05) is 31.7 Å². The highest BCUT2D eigenvalue weighted by Gasteiger charge is 2.08. The molecule has 0 spiro atoms. The minimum atomic E-state index is 0.171. The van der Waals surface area contributed by atoms with Gasteiger partial charge >= 0.3 is 0 Å². The molecule has 19 heavy (non-hydrogen) atoms. The molecule has 1 atom stereocenters. The van der Waals surface area contributed by atoms with Crippen molar-refractivity contribution in [3.63, 3.8) is 0 Å². The SMILES string of the molecule is CCNc1cc(NCC(C)OCC)nc(C(C)C)n1. The van der Waals surface area contributed by atoms with Crippen LogP contribution in [0.15, 0.2) is 6.07 Å². The predicted octanol–water partition coefficient (Wildman–Crippen LogP) is 2.87. The van der Waals surface area contributed by atoms with E-state index >= 15 is 0 Å². The highest BCUT2D eigenvalue weighted by atomic mass is 16.5. The van der Waals surface area contributed by atoms with E-state index in [1.165, 1.54) is 0 Å². The van der Waals surface area contributed by atoms with Crippen molar-refractivity contribution in [2.45, 2.75) is 46.6 Å². The summed E-state index contributed by atoms with van der Waals surface area (Å²) < 4.78 is 5.50. The number of rotatable bonds is 8. The van der Waals surface area contributed by atoms with Gasteiger partial charge in [-0.25, -0.2) is 9.97 Å². The van der Waals surface area contributed by atoms with Gasteiger partial charge in [-0.15, -0.1) is 0 Å². The third-order valence-electron chi connectivity index (χ3n) is 2.64. The third kappa shape index (κ3) is 5.42. The molecule has 0 amide bonds. The second-order valence-electron chi connectivity index (χ2n) is 4.83. The second-order valence-corrected chi connectivity index (χ2v) is 4.83. The molecule has 0 fully saturated rings. The fourth-order valence-electron chi connectivity index (χ4n) is 1.68. The summed E-state index contributed by atoms with van der Waals surface area (Å²) in [6, 6.07) is 1.94. The van der Waals surface area contributed by atoms with E-state index in [0.717, 1.165) is 37.2 Å². The molecule has 0 saturated heterocycles. The van der Waals surface area contributed by atoms with E-state index in [0.29, 0.717) is 5.92 Å². The maximum absolute atomic E-state index is 5.50. The largest absolute Gasteiger partial charge is 0.377 e. The maximum atomic E-state index is 5.50. The zero-order chi connectivity index (χ0) is 14.3. The molecule has 108 valence electrons. The first-order chi connectivity index (χ1) is 9.06. The van der Waals surface area contributed by atoms with Crippen LogP contribution in [0.3, 0.4) is 0 Å². The van der Waals surface area contributed by atoms with Gasteiger partial charge in [-0.1, -0.05) is 13.8 Å². The lowest BCUT2D eigenvalue weighted by Crippen LogP contribution is -2.20. The molecule has 5 heteroatoms. The van der Waals surface area contributed by atoms with Gasteiger partial charge < -0.3 is 15.4 Å². The molecule has 0 aromatic carbocycles. The molecule has 0 aliphatic heterocycles. The van der Waals surface area contributed by atoms with Gasteiger partial charge in [-0.2, -0.15) is 0 Å². The summed E-state index contributed by atoms with van der Waals surface area (Å²) >= 11 is 0. The van der Waals surface area contributed by atoms with Gasteiger partial charge in [0.05, 0.1) is 6.10 Å². The first kappa shape index (κ1) is 15.7. The molecule has 2 N–H and O–H groups in total. The van der Waals surface area contributed by atoms with Crippen molar-refractivity contribution < 1.29 is 4.74 Å². The van der Waals surface area contributed by atoms with Crippen LogP contribution >= 0.6 is 0 Å². The average molecular weight is 266 g/mol. The quantitative estimate of drug-likeness (QED) is 0.757. The molecule has 1 unspecified atom stereocenters. The van der Waals surface area contributed by atoms with Crippen molar-refractivity contribution >= 4 is 11.6 Å². The number of hydrogen-bond acceptors (Lipinski definition) is 5. The Bertz CT molecular complexity index is 382. The fourth-order valence-corrected chi connectivity index (χ4v) is 1.68. The third-order valence-corrected chi connectivity index (χ3v) is 2.64. The summed E-state index contributed by atoms with van der Waals surface area (Å²) in [5, 5.41) is 6.54. The average Bonchev–Trinajstić information content (AvgIpc) is 2.37. The number of aromatic nitrogens is 2. The lowest BCUT2D eigenvalue weighted by molar-refractivity contribution is 0.0855. The molecule has 0 aliphatic carbocycles. The van der Waals surface area contributed by atoms with Crippen LogP contribution in [0.5, 0.6) is 0 Å². The van der Waals surface area contributed by atoms with E-state index in [2.05, 4.69) is 41.4 Å². The molecule has 1 rings (SSSR count). The number of anilines is 2. The number of hydrogen-bond donors (Lipinski definition) is 2. The smallest absolute Gasteiger partial charge is 0.135 e. The Morgan fingerprint density at radius 2 is 1.74 bits per heavy atom. The van der Waals surface area contributed by atoms with E-state index in [9.17, 15) is 0 Å². The molecule has 0 saturated carbocycles. The molecule has 5 nitrogen and oxygen atoms in total. The highest BCUT2D eigenvalue weighted by molar-refractivity contribution is 5.47. The lowest BCUT2D eigenvalue weighted by atomic mass is 10.2. The predicted molar refractivity (Wildman–Crippen MR) is 79.9 cm³/mol.